The van der Waals surface area contributed by atoms with Gasteiger partial charge in [-0.05, 0) is 39.2 Å². The number of benzene rings is 1. The SMILES string of the molecule is CC(C)N(C(=O)CN1C(=O)NC(C)(c2ccccc2)C1=O)C1CCCCC1. The maximum absolute atomic E-state index is 13.0. The Morgan fingerprint density at radius 2 is 1.81 bits per heavy atom. The first-order valence-electron chi connectivity index (χ1n) is 9.85. The van der Waals surface area contributed by atoms with Crippen molar-refractivity contribution in [2.24, 2.45) is 0 Å². The Morgan fingerprint density at radius 3 is 2.41 bits per heavy atom. The van der Waals surface area contributed by atoms with Crippen LogP contribution in [0.15, 0.2) is 30.3 Å². The van der Waals surface area contributed by atoms with Gasteiger partial charge in [0.25, 0.3) is 5.91 Å². The Kier molecular flexibility index (Phi) is 5.53. The van der Waals surface area contributed by atoms with Gasteiger partial charge in [-0.1, -0.05) is 49.6 Å². The van der Waals surface area contributed by atoms with Gasteiger partial charge in [-0.15, -0.1) is 0 Å². The largest absolute Gasteiger partial charge is 0.336 e. The number of nitrogens with one attached hydrogen (secondary N) is 1. The minimum atomic E-state index is -1.13. The minimum absolute atomic E-state index is 0.0434. The molecule has 0 spiro atoms. The highest BCUT2D eigenvalue weighted by Gasteiger charge is 2.49. The third-order valence-corrected chi connectivity index (χ3v) is 5.73. The van der Waals surface area contributed by atoms with E-state index in [4.69, 9.17) is 0 Å². The molecule has 6 nitrogen and oxygen atoms in total. The Hall–Kier alpha value is -2.37. The number of carbonyl (C=O) groups is 3. The maximum Gasteiger partial charge on any atom is 0.325 e. The van der Waals surface area contributed by atoms with Gasteiger partial charge >= 0.3 is 6.03 Å². The number of nitrogens with zero attached hydrogens (tertiary/aromatic N) is 2. The van der Waals surface area contributed by atoms with Crippen molar-refractivity contribution in [1.82, 2.24) is 15.1 Å². The molecule has 1 heterocycles. The average Bonchev–Trinajstić information content (AvgIpc) is 2.87. The van der Waals surface area contributed by atoms with Gasteiger partial charge < -0.3 is 10.2 Å². The third kappa shape index (κ3) is 3.70. The highest BCUT2D eigenvalue weighted by molar-refractivity contribution is 6.09. The van der Waals surface area contributed by atoms with Crippen molar-refractivity contribution in [3.63, 3.8) is 0 Å². The van der Waals surface area contributed by atoms with Crippen LogP contribution in [0.25, 0.3) is 0 Å². The third-order valence-electron chi connectivity index (χ3n) is 5.73. The van der Waals surface area contributed by atoms with Gasteiger partial charge in [0.15, 0.2) is 0 Å². The summed E-state index contributed by atoms with van der Waals surface area (Å²) < 4.78 is 0. The summed E-state index contributed by atoms with van der Waals surface area (Å²) in [5, 5.41) is 2.77. The summed E-state index contributed by atoms with van der Waals surface area (Å²) in [6.07, 6.45) is 5.43. The van der Waals surface area contributed by atoms with Crippen molar-refractivity contribution in [3.05, 3.63) is 35.9 Å². The molecule has 1 atom stereocenters. The predicted octanol–water partition coefficient (Wildman–Crippen LogP) is 3.02. The van der Waals surface area contributed by atoms with Crippen LogP contribution in [0.3, 0.4) is 0 Å². The molecule has 1 aliphatic carbocycles. The summed E-state index contributed by atoms with van der Waals surface area (Å²) >= 11 is 0. The fourth-order valence-electron chi connectivity index (χ4n) is 4.30. The molecule has 1 saturated heterocycles. The summed E-state index contributed by atoms with van der Waals surface area (Å²) in [5.41, 5.74) is -0.419. The number of urea groups is 1. The molecule has 2 aliphatic rings. The van der Waals surface area contributed by atoms with Gasteiger partial charge in [0.2, 0.25) is 5.91 Å². The van der Waals surface area contributed by atoms with E-state index in [0.717, 1.165) is 30.6 Å². The minimum Gasteiger partial charge on any atom is -0.336 e. The fraction of sp³-hybridized carbons (Fsp3) is 0.571. The highest BCUT2D eigenvalue weighted by Crippen LogP contribution is 2.29. The van der Waals surface area contributed by atoms with E-state index in [1.54, 1.807) is 6.92 Å². The molecule has 1 N–H and O–H groups in total. The van der Waals surface area contributed by atoms with Crippen LogP contribution >= 0.6 is 0 Å². The summed E-state index contributed by atoms with van der Waals surface area (Å²) in [7, 11) is 0. The standard InChI is InChI=1S/C21H29N3O3/c1-15(2)24(17-12-8-5-9-13-17)18(25)14-23-19(26)21(3,22-20(23)27)16-10-6-4-7-11-16/h4,6-7,10-11,15,17H,5,8-9,12-14H2,1-3H3,(H,22,27). The summed E-state index contributed by atoms with van der Waals surface area (Å²) in [6, 6.07) is 8.88. The molecule has 1 aromatic rings. The Bertz CT molecular complexity index is 713. The molecular formula is C21H29N3O3. The predicted molar refractivity (Wildman–Crippen MR) is 103 cm³/mol. The number of carbonyl (C=O) groups excluding carboxylic acids is 3. The van der Waals surface area contributed by atoms with E-state index in [1.165, 1.54) is 6.42 Å². The maximum atomic E-state index is 13.0. The Balaban J connectivity index is 1.77. The molecule has 4 amide bonds. The second-order valence-electron chi connectivity index (χ2n) is 8.00. The van der Waals surface area contributed by atoms with E-state index in [9.17, 15) is 14.4 Å². The van der Waals surface area contributed by atoms with E-state index in [1.807, 2.05) is 49.1 Å². The van der Waals surface area contributed by atoms with Crippen LogP contribution in [0.2, 0.25) is 0 Å². The van der Waals surface area contributed by atoms with E-state index in [0.29, 0.717) is 5.56 Å². The van der Waals surface area contributed by atoms with Crippen LogP contribution in [0.5, 0.6) is 0 Å². The van der Waals surface area contributed by atoms with Gasteiger partial charge in [0.1, 0.15) is 12.1 Å². The molecule has 1 unspecified atom stereocenters. The lowest BCUT2D eigenvalue weighted by Gasteiger charge is -2.38. The van der Waals surface area contributed by atoms with Crippen LogP contribution in [0.4, 0.5) is 4.79 Å². The van der Waals surface area contributed by atoms with Crippen LogP contribution in [-0.2, 0) is 15.1 Å². The highest BCUT2D eigenvalue weighted by atomic mass is 16.2. The molecule has 3 rings (SSSR count). The molecule has 0 bridgehead atoms. The lowest BCUT2D eigenvalue weighted by Crippen LogP contribution is -2.51. The number of imide groups is 1. The van der Waals surface area contributed by atoms with Crippen molar-refractivity contribution >= 4 is 17.8 Å². The Labute approximate surface area is 160 Å². The molecule has 0 aromatic heterocycles. The molecule has 1 saturated carbocycles. The van der Waals surface area contributed by atoms with Gasteiger partial charge in [-0.25, -0.2) is 4.79 Å². The molecule has 6 heteroatoms. The fourth-order valence-corrected chi connectivity index (χ4v) is 4.30. The van der Waals surface area contributed by atoms with E-state index in [-0.39, 0.29) is 30.4 Å². The summed E-state index contributed by atoms with van der Waals surface area (Å²) in [6.45, 7) is 5.47. The van der Waals surface area contributed by atoms with Gasteiger partial charge in [0, 0.05) is 12.1 Å². The zero-order valence-corrected chi connectivity index (χ0v) is 16.4. The molecule has 27 heavy (non-hydrogen) atoms. The molecule has 1 aromatic carbocycles. The normalized spacial score (nSPS) is 23.6. The van der Waals surface area contributed by atoms with Gasteiger partial charge in [-0.3, -0.25) is 14.5 Å². The smallest absolute Gasteiger partial charge is 0.325 e. The van der Waals surface area contributed by atoms with Crippen LogP contribution in [0.1, 0.15) is 58.4 Å². The zero-order chi connectivity index (χ0) is 19.6. The van der Waals surface area contributed by atoms with Crippen LogP contribution in [0, 0.1) is 0 Å². The zero-order valence-electron chi connectivity index (χ0n) is 16.4. The monoisotopic (exact) mass is 371 g/mol. The molecular weight excluding hydrogens is 342 g/mol. The van der Waals surface area contributed by atoms with Crippen molar-refractivity contribution in [1.29, 1.82) is 0 Å². The van der Waals surface area contributed by atoms with Gasteiger partial charge in [-0.2, -0.15) is 0 Å². The van der Waals surface area contributed by atoms with Crippen molar-refractivity contribution in [2.75, 3.05) is 6.54 Å². The second kappa shape index (κ2) is 7.71. The van der Waals surface area contributed by atoms with Crippen molar-refractivity contribution < 1.29 is 14.4 Å². The topological polar surface area (TPSA) is 69.7 Å². The molecule has 0 radical (unpaired) electrons. The Morgan fingerprint density at radius 1 is 1.19 bits per heavy atom. The molecule has 1 aliphatic heterocycles. The quantitative estimate of drug-likeness (QED) is 0.809. The molecule has 2 fully saturated rings. The first-order chi connectivity index (χ1) is 12.8. The van der Waals surface area contributed by atoms with Crippen molar-refractivity contribution in [3.8, 4) is 0 Å². The van der Waals surface area contributed by atoms with Gasteiger partial charge in [0.05, 0.1) is 0 Å². The second-order valence-corrected chi connectivity index (χ2v) is 8.00. The first-order valence-corrected chi connectivity index (χ1v) is 9.85. The van der Waals surface area contributed by atoms with Crippen LogP contribution in [-0.4, -0.2) is 46.3 Å². The average molecular weight is 371 g/mol. The summed E-state index contributed by atoms with van der Waals surface area (Å²) in [5.74, 6) is -0.530. The van der Waals surface area contributed by atoms with E-state index < -0.39 is 11.6 Å². The number of hydrogen-bond donors (Lipinski definition) is 1. The summed E-state index contributed by atoms with van der Waals surface area (Å²) in [4.78, 5) is 41.5. The number of rotatable bonds is 5. The number of amides is 4. The van der Waals surface area contributed by atoms with E-state index >= 15 is 0 Å². The lowest BCUT2D eigenvalue weighted by atomic mass is 9.92. The first kappa shape index (κ1) is 19.4. The van der Waals surface area contributed by atoms with Crippen molar-refractivity contribution in [2.45, 2.75) is 70.5 Å². The molecule has 146 valence electrons. The van der Waals surface area contributed by atoms with Crippen LogP contribution < -0.4 is 5.32 Å². The number of hydrogen-bond acceptors (Lipinski definition) is 3. The lowest BCUT2D eigenvalue weighted by molar-refractivity contribution is -0.142. The van der Waals surface area contributed by atoms with E-state index in [2.05, 4.69) is 5.32 Å².